The molecule has 0 fully saturated rings. The van der Waals surface area contributed by atoms with Gasteiger partial charge in [-0.3, -0.25) is 4.79 Å². The Bertz CT molecular complexity index is 539. The van der Waals surface area contributed by atoms with Crippen LogP contribution in [0.2, 0.25) is 0 Å². The van der Waals surface area contributed by atoms with E-state index in [9.17, 15) is 4.79 Å². The van der Waals surface area contributed by atoms with Gasteiger partial charge >= 0.3 is 0 Å². The minimum Gasteiger partial charge on any atom is -0.384 e. The van der Waals surface area contributed by atoms with Crippen LogP contribution in [0.15, 0.2) is 36.7 Å². The Kier molecular flexibility index (Phi) is 2.51. The molecule has 0 bridgehead atoms. The molecule has 4 N–H and O–H groups in total. The summed E-state index contributed by atoms with van der Waals surface area (Å²) in [4.78, 5) is 18.9. The van der Waals surface area contributed by atoms with E-state index in [1.54, 1.807) is 24.3 Å². The van der Waals surface area contributed by atoms with Crippen molar-refractivity contribution in [3.8, 4) is 11.3 Å². The summed E-state index contributed by atoms with van der Waals surface area (Å²) in [7, 11) is 0. The zero-order valence-corrected chi connectivity index (χ0v) is 8.42. The van der Waals surface area contributed by atoms with Crippen molar-refractivity contribution < 1.29 is 4.79 Å². The van der Waals surface area contributed by atoms with Gasteiger partial charge in [-0.25, -0.2) is 9.97 Å². The van der Waals surface area contributed by atoms with Gasteiger partial charge in [-0.15, -0.1) is 0 Å². The summed E-state index contributed by atoms with van der Waals surface area (Å²) in [6.07, 6.45) is 1.38. The Morgan fingerprint density at radius 3 is 2.69 bits per heavy atom. The quantitative estimate of drug-likeness (QED) is 0.773. The number of nitrogens with zero attached hydrogens (tertiary/aromatic N) is 2. The first kappa shape index (κ1) is 10.1. The molecule has 16 heavy (non-hydrogen) atoms. The fraction of sp³-hybridized carbons (Fsp3) is 0. The Hall–Kier alpha value is -2.43. The van der Waals surface area contributed by atoms with E-state index in [1.165, 1.54) is 6.33 Å². The molecule has 0 saturated heterocycles. The summed E-state index contributed by atoms with van der Waals surface area (Å²) in [5.74, 6) is -0.0849. The number of nitrogen functional groups attached to an aromatic ring is 1. The lowest BCUT2D eigenvalue weighted by molar-refractivity contribution is 0.100. The third-order valence-corrected chi connectivity index (χ3v) is 2.13. The van der Waals surface area contributed by atoms with Crippen LogP contribution in [0.1, 0.15) is 10.4 Å². The fourth-order valence-electron chi connectivity index (χ4n) is 1.36. The van der Waals surface area contributed by atoms with E-state index < -0.39 is 5.91 Å². The second kappa shape index (κ2) is 3.98. The molecule has 1 amide bonds. The third kappa shape index (κ3) is 1.98. The predicted molar refractivity (Wildman–Crippen MR) is 60.4 cm³/mol. The van der Waals surface area contributed by atoms with E-state index >= 15 is 0 Å². The smallest absolute Gasteiger partial charge is 0.248 e. The maximum atomic E-state index is 11.0. The van der Waals surface area contributed by atoms with Crippen molar-refractivity contribution in [2.45, 2.75) is 0 Å². The molecular weight excluding hydrogens is 204 g/mol. The normalized spacial score (nSPS) is 10.0. The average molecular weight is 214 g/mol. The van der Waals surface area contributed by atoms with E-state index in [0.29, 0.717) is 17.1 Å². The van der Waals surface area contributed by atoms with Gasteiger partial charge in [-0.2, -0.15) is 0 Å². The number of aromatic nitrogens is 2. The molecule has 2 rings (SSSR count). The van der Waals surface area contributed by atoms with Crippen molar-refractivity contribution in [3.63, 3.8) is 0 Å². The number of rotatable bonds is 2. The number of hydrogen-bond donors (Lipinski definition) is 2. The Morgan fingerprint density at radius 1 is 1.19 bits per heavy atom. The maximum Gasteiger partial charge on any atom is 0.248 e. The summed E-state index contributed by atoms with van der Waals surface area (Å²) < 4.78 is 0. The predicted octanol–water partition coefficient (Wildman–Crippen LogP) is 0.825. The molecule has 2 aromatic rings. The Balaban J connectivity index is 2.48. The average Bonchev–Trinajstić information content (AvgIpc) is 2.29. The van der Waals surface area contributed by atoms with Crippen LogP contribution in [0.5, 0.6) is 0 Å². The van der Waals surface area contributed by atoms with Crippen LogP contribution in [0.4, 0.5) is 5.82 Å². The minimum atomic E-state index is -0.469. The van der Waals surface area contributed by atoms with E-state index in [1.807, 2.05) is 6.07 Å². The van der Waals surface area contributed by atoms with Gasteiger partial charge in [0.15, 0.2) is 0 Å². The number of amides is 1. The van der Waals surface area contributed by atoms with Gasteiger partial charge in [-0.1, -0.05) is 12.1 Å². The molecule has 0 spiro atoms. The molecule has 5 nitrogen and oxygen atoms in total. The zero-order chi connectivity index (χ0) is 11.5. The lowest BCUT2D eigenvalue weighted by Gasteiger charge is -2.02. The molecule has 80 valence electrons. The van der Waals surface area contributed by atoms with Gasteiger partial charge in [0.25, 0.3) is 0 Å². The molecule has 0 aliphatic heterocycles. The van der Waals surface area contributed by atoms with Gasteiger partial charge in [0.2, 0.25) is 5.91 Å². The van der Waals surface area contributed by atoms with Crippen molar-refractivity contribution in [2.24, 2.45) is 5.73 Å². The largest absolute Gasteiger partial charge is 0.384 e. The van der Waals surface area contributed by atoms with Gasteiger partial charge < -0.3 is 11.5 Å². The zero-order valence-electron chi connectivity index (χ0n) is 8.42. The molecule has 1 heterocycles. The van der Waals surface area contributed by atoms with Crippen molar-refractivity contribution >= 4 is 11.7 Å². The van der Waals surface area contributed by atoms with Crippen LogP contribution in [0.25, 0.3) is 11.3 Å². The third-order valence-electron chi connectivity index (χ3n) is 2.13. The van der Waals surface area contributed by atoms with E-state index in [-0.39, 0.29) is 0 Å². The summed E-state index contributed by atoms with van der Waals surface area (Å²) in [5.41, 5.74) is 12.6. The monoisotopic (exact) mass is 214 g/mol. The summed E-state index contributed by atoms with van der Waals surface area (Å²) in [5, 5.41) is 0. The topological polar surface area (TPSA) is 94.9 Å². The van der Waals surface area contributed by atoms with E-state index in [2.05, 4.69) is 9.97 Å². The first-order valence-corrected chi connectivity index (χ1v) is 4.64. The lowest BCUT2D eigenvalue weighted by Crippen LogP contribution is -2.10. The number of hydrogen-bond acceptors (Lipinski definition) is 4. The molecule has 0 unspecified atom stereocenters. The van der Waals surface area contributed by atoms with Gasteiger partial charge in [0.05, 0.1) is 5.69 Å². The number of carbonyl (C=O) groups is 1. The number of nitrogens with two attached hydrogens (primary N) is 2. The van der Waals surface area contributed by atoms with Crippen LogP contribution >= 0.6 is 0 Å². The molecule has 0 atom stereocenters. The molecule has 5 heteroatoms. The number of anilines is 1. The first-order chi connectivity index (χ1) is 7.66. The van der Waals surface area contributed by atoms with Crippen molar-refractivity contribution in [3.05, 3.63) is 42.2 Å². The van der Waals surface area contributed by atoms with Gasteiger partial charge in [-0.05, 0) is 12.1 Å². The summed E-state index contributed by atoms with van der Waals surface area (Å²) >= 11 is 0. The van der Waals surface area contributed by atoms with Crippen LogP contribution in [-0.2, 0) is 0 Å². The summed E-state index contributed by atoms with van der Waals surface area (Å²) in [6.45, 7) is 0. The van der Waals surface area contributed by atoms with Crippen molar-refractivity contribution in [1.82, 2.24) is 9.97 Å². The molecule has 1 aromatic heterocycles. The lowest BCUT2D eigenvalue weighted by atomic mass is 10.1. The Labute approximate surface area is 92.1 Å². The highest BCUT2D eigenvalue weighted by Gasteiger charge is 2.04. The number of primary amides is 1. The van der Waals surface area contributed by atoms with Crippen LogP contribution in [0.3, 0.4) is 0 Å². The van der Waals surface area contributed by atoms with E-state index in [4.69, 9.17) is 11.5 Å². The SMILES string of the molecule is NC(=O)c1cccc(-c2cc(N)ncn2)c1. The second-order valence-corrected chi connectivity index (χ2v) is 3.27. The van der Waals surface area contributed by atoms with Crippen LogP contribution < -0.4 is 11.5 Å². The molecule has 0 aliphatic rings. The van der Waals surface area contributed by atoms with E-state index in [0.717, 1.165) is 5.56 Å². The standard InChI is InChI=1S/C11H10N4O/c12-10-5-9(14-6-15-10)7-2-1-3-8(4-7)11(13)16/h1-6H,(H2,13,16)(H2,12,14,15). The summed E-state index contributed by atoms with van der Waals surface area (Å²) in [6, 6.07) is 8.53. The molecule has 0 aliphatic carbocycles. The fourth-order valence-corrected chi connectivity index (χ4v) is 1.36. The van der Waals surface area contributed by atoms with Crippen LogP contribution in [-0.4, -0.2) is 15.9 Å². The molecular formula is C11H10N4O. The van der Waals surface area contributed by atoms with Crippen molar-refractivity contribution in [2.75, 3.05) is 5.73 Å². The second-order valence-electron chi connectivity index (χ2n) is 3.27. The van der Waals surface area contributed by atoms with Gasteiger partial charge in [0, 0.05) is 17.2 Å². The number of benzene rings is 1. The van der Waals surface area contributed by atoms with Crippen LogP contribution in [0, 0.1) is 0 Å². The highest BCUT2D eigenvalue weighted by molar-refractivity contribution is 5.94. The Morgan fingerprint density at radius 2 is 2.00 bits per heavy atom. The molecule has 0 radical (unpaired) electrons. The van der Waals surface area contributed by atoms with Gasteiger partial charge in [0.1, 0.15) is 12.1 Å². The number of carbonyl (C=O) groups excluding carboxylic acids is 1. The first-order valence-electron chi connectivity index (χ1n) is 4.64. The molecule has 0 saturated carbocycles. The van der Waals surface area contributed by atoms with Crippen molar-refractivity contribution in [1.29, 1.82) is 0 Å². The highest BCUT2D eigenvalue weighted by atomic mass is 16.1. The highest BCUT2D eigenvalue weighted by Crippen LogP contribution is 2.18. The molecule has 1 aromatic carbocycles. The maximum absolute atomic E-state index is 11.0. The minimum absolute atomic E-state index is 0.384.